The number of rotatable bonds is 25. The predicted molar refractivity (Wildman–Crippen MR) is 328 cm³/mol. The minimum atomic E-state index is -0.527. The third-order valence-electron chi connectivity index (χ3n) is 14.3. The van der Waals surface area contributed by atoms with Crippen molar-refractivity contribution in [3.8, 4) is 11.1 Å². The van der Waals surface area contributed by atoms with Crippen LogP contribution in [-0.2, 0) is 34.4 Å². The summed E-state index contributed by atoms with van der Waals surface area (Å²) in [5, 5.41) is 5.55. The van der Waals surface area contributed by atoms with E-state index in [1.807, 2.05) is 60.7 Å². The van der Waals surface area contributed by atoms with Gasteiger partial charge in [0.1, 0.15) is 30.2 Å². The molecule has 0 radical (unpaired) electrons. The molecule has 3 heterocycles. The van der Waals surface area contributed by atoms with Crippen molar-refractivity contribution in [3.05, 3.63) is 87.5 Å². The Morgan fingerprint density at radius 1 is 0.792 bits per heavy atom. The fourth-order valence-corrected chi connectivity index (χ4v) is 10.6. The monoisotopic (exact) mass is 1090 g/mol. The van der Waals surface area contributed by atoms with E-state index in [9.17, 15) is 14.4 Å². The van der Waals surface area contributed by atoms with Gasteiger partial charge in [0.25, 0.3) is 0 Å². The summed E-state index contributed by atoms with van der Waals surface area (Å²) in [5.41, 5.74) is 6.47. The molecule has 0 bridgehead atoms. The molecule has 0 amide bonds. The number of hydrogen-bond acceptors (Lipinski definition) is 8. The quantitative estimate of drug-likeness (QED) is 0.0480. The number of fused-ring (bicyclic) bond motifs is 1. The molecule has 2 aliphatic rings. The lowest BCUT2D eigenvalue weighted by atomic mass is 9.83. The van der Waals surface area contributed by atoms with E-state index in [0.717, 1.165) is 146 Å². The van der Waals surface area contributed by atoms with Crippen molar-refractivity contribution in [2.75, 3.05) is 64.8 Å². The van der Waals surface area contributed by atoms with Crippen LogP contribution >= 0.6 is 11.6 Å². The topological polar surface area (TPSA) is 82.0 Å². The molecule has 2 fully saturated rings. The van der Waals surface area contributed by atoms with Gasteiger partial charge in [-0.05, 0) is 132 Å². The number of aromatic nitrogens is 2. The Hall–Kier alpha value is -4.29. The molecule has 6 rings (SSSR count). The normalized spacial score (nSPS) is 14.1. The van der Waals surface area contributed by atoms with Gasteiger partial charge in [-0.25, -0.2) is 8.78 Å². The van der Waals surface area contributed by atoms with Crippen molar-refractivity contribution in [1.29, 1.82) is 0 Å². The van der Waals surface area contributed by atoms with E-state index in [0.29, 0.717) is 48.5 Å². The van der Waals surface area contributed by atoms with Gasteiger partial charge >= 0.3 is 0 Å². The molecule has 2 aliphatic heterocycles. The van der Waals surface area contributed by atoms with Crippen LogP contribution in [0.4, 0.5) is 14.6 Å². The van der Waals surface area contributed by atoms with Gasteiger partial charge in [0.2, 0.25) is 0 Å². The van der Waals surface area contributed by atoms with Crippen LogP contribution in [0.25, 0.3) is 28.1 Å². The van der Waals surface area contributed by atoms with Crippen molar-refractivity contribution >= 4 is 53.3 Å². The highest BCUT2D eigenvalue weighted by molar-refractivity contribution is 6.34. The number of aldehydes is 3. The summed E-state index contributed by atoms with van der Waals surface area (Å²) < 4.78 is 33.6. The Kier molecular flexibility index (Phi) is 37.5. The minimum Gasteiger partial charge on any atom is -0.352 e. The molecule has 77 heavy (non-hydrogen) atoms. The van der Waals surface area contributed by atoms with Crippen LogP contribution in [0.2, 0.25) is 5.02 Å². The summed E-state index contributed by atoms with van der Waals surface area (Å²) in [6.45, 7) is 34.0. The average molecular weight is 1090 g/mol. The Bertz CT molecular complexity index is 2260. The van der Waals surface area contributed by atoms with Crippen molar-refractivity contribution < 1.29 is 23.2 Å². The molecule has 1 unspecified atom stereocenters. The van der Waals surface area contributed by atoms with Crippen LogP contribution in [0.5, 0.6) is 0 Å². The van der Waals surface area contributed by atoms with Gasteiger partial charge in [0, 0.05) is 68.6 Å². The van der Waals surface area contributed by atoms with Crippen molar-refractivity contribution in [1.82, 2.24) is 24.5 Å². The third-order valence-corrected chi connectivity index (χ3v) is 14.6. The number of halogens is 3. The highest BCUT2D eigenvalue weighted by atomic mass is 35.5. The minimum absolute atomic E-state index is 0.118. The van der Waals surface area contributed by atoms with E-state index < -0.39 is 11.6 Å². The lowest BCUT2D eigenvalue weighted by molar-refractivity contribution is -0.113. The molecule has 4 aromatic rings. The lowest BCUT2D eigenvalue weighted by Crippen LogP contribution is -2.44. The van der Waals surface area contributed by atoms with Gasteiger partial charge in [-0.1, -0.05) is 168 Å². The van der Waals surface area contributed by atoms with Crippen LogP contribution in [0.1, 0.15) is 199 Å². The number of nitrogens with zero attached hydrogens (tertiary/aromatic N) is 6. The van der Waals surface area contributed by atoms with Gasteiger partial charge < -0.3 is 29.1 Å². The summed E-state index contributed by atoms with van der Waals surface area (Å²) in [7, 11) is 5.80. The highest BCUT2D eigenvalue weighted by Gasteiger charge is 2.28. The smallest absolute Gasteiger partial charge is 0.158 e. The second-order valence-electron chi connectivity index (χ2n) is 20.1. The first-order valence-corrected chi connectivity index (χ1v) is 30.3. The zero-order valence-corrected chi connectivity index (χ0v) is 51.5. The van der Waals surface area contributed by atoms with Crippen LogP contribution in [0.15, 0.2) is 43.0 Å². The van der Waals surface area contributed by atoms with Gasteiger partial charge in [0.15, 0.2) is 11.6 Å². The molecule has 1 aromatic heterocycles. The molecule has 0 aliphatic carbocycles. The molecule has 2 saturated heterocycles. The predicted octanol–water partition coefficient (Wildman–Crippen LogP) is 16.5. The maximum absolute atomic E-state index is 16.5. The van der Waals surface area contributed by atoms with Crippen molar-refractivity contribution in [2.45, 2.75) is 197 Å². The van der Waals surface area contributed by atoms with Gasteiger partial charge in [-0.3, -0.25) is 9.58 Å². The number of anilines is 1. The fraction of sp³-hybridized carbons (Fsp3) is 0.631. The Labute approximate surface area is 472 Å². The van der Waals surface area contributed by atoms with Gasteiger partial charge in [-0.15, -0.1) is 0 Å². The lowest BCUT2D eigenvalue weighted by Gasteiger charge is -2.34. The van der Waals surface area contributed by atoms with Crippen LogP contribution in [-0.4, -0.2) is 109 Å². The Morgan fingerprint density at radius 3 is 1.95 bits per heavy atom. The summed E-state index contributed by atoms with van der Waals surface area (Å²) >= 11 is 6.82. The number of carbonyl (C=O) groups is 3. The second-order valence-corrected chi connectivity index (χ2v) is 20.5. The van der Waals surface area contributed by atoms with Crippen molar-refractivity contribution in [3.63, 3.8) is 0 Å². The third kappa shape index (κ3) is 22.4. The van der Waals surface area contributed by atoms with E-state index in [1.165, 1.54) is 42.0 Å². The van der Waals surface area contributed by atoms with E-state index in [1.54, 1.807) is 23.9 Å². The van der Waals surface area contributed by atoms with E-state index in [2.05, 4.69) is 80.0 Å². The molecule has 12 heteroatoms. The van der Waals surface area contributed by atoms with Gasteiger partial charge in [0.05, 0.1) is 11.1 Å². The number of aryl methyl sites for hydroxylation is 3. The zero-order valence-electron chi connectivity index (χ0n) is 50.7. The number of likely N-dealkylation sites (N-methyl/N-ethyl adjacent to an activating group) is 2. The van der Waals surface area contributed by atoms with Gasteiger partial charge in [-0.2, -0.15) is 5.10 Å². The van der Waals surface area contributed by atoms with E-state index in [-0.39, 0.29) is 22.2 Å². The number of benzene rings is 3. The maximum Gasteiger partial charge on any atom is 0.158 e. The zero-order chi connectivity index (χ0) is 57.9. The first-order chi connectivity index (χ1) is 37.3. The number of likely N-dealkylation sites (tertiary alicyclic amines) is 1. The molecule has 0 spiro atoms. The fourth-order valence-electron chi connectivity index (χ4n) is 10.3. The van der Waals surface area contributed by atoms with Crippen molar-refractivity contribution in [2.24, 2.45) is 13.0 Å². The molecular weight excluding hydrogens is 986 g/mol. The Balaban J connectivity index is 0.00000144. The summed E-state index contributed by atoms with van der Waals surface area (Å²) in [6, 6.07) is 11.0. The molecular formula is C65H105ClF2N6O3. The number of piperidine rings is 1. The summed E-state index contributed by atoms with van der Waals surface area (Å²) in [4.78, 5) is 42.2. The maximum atomic E-state index is 16.5. The van der Waals surface area contributed by atoms with Crippen LogP contribution < -0.4 is 4.90 Å². The molecule has 434 valence electrons. The molecule has 0 saturated carbocycles. The first kappa shape index (κ1) is 70.7. The van der Waals surface area contributed by atoms with E-state index in [4.69, 9.17) is 16.7 Å². The van der Waals surface area contributed by atoms with Crippen LogP contribution in [0.3, 0.4) is 0 Å². The second kappa shape index (κ2) is 40.8. The summed E-state index contributed by atoms with van der Waals surface area (Å²) in [6.07, 6.45) is 20.8. The molecule has 3 aromatic carbocycles. The SMILES string of the molecule is C=Cc1cc(C)cc(C2CCN(CCCCCCCCc3cccc(F)c3-c3c(Cl)cc4c(N5CCN(C)CC5)nn(C)c4c3F)CC2)c1CN(C)C(C=O)CCC=O.CC.CC.CC.CCC.CCCC(C=O)CCC. The van der Waals surface area contributed by atoms with Crippen LogP contribution in [0, 0.1) is 24.5 Å². The van der Waals surface area contributed by atoms with E-state index >= 15 is 8.78 Å². The molecule has 1 atom stereocenters. The number of piperazine rings is 1. The average Bonchev–Trinajstić information content (AvgIpc) is 3.77. The number of hydrogen-bond donors (Lipinski definition) is 0. The largest absolute Gasteiger partial charge is 0.352 e. The summed E-state index contributed by atoms with van der Waals surface area (Å²) in [5.74, 6) is 0.523. The first-order valence-electron chi connectivity index (χ1n) is 29.9. The highest BCUT2D eigenvalue weighted by Crippen LogP contribution is 2.42. The Morgan fingerprint density at radius 2 is 1.39 bits per heavy atom. The number of carbonyl (C=O) groups excluding carboxylic acids is 3. The molecule has 9 nitrogen and oxygen atoms in total. The molecule has 0 N–H and O–H groups in total. The standard InChI is InChI=1S/C48H63ClF2N6O2.C8H16O.C3H8.3C2H6/c1-6-35-29-34(2)30-39(41(35)32-54(4)38(33-59)17-14-28-58)36-19-22-56(23-20-36)21-12-10-8-7-9-11-15-37-16-13-18-43(50)44(37)45-42(49)31-40-47(46(45)51)55(5)52-48(40)57-26-24-53(3)25-27-57;1-3-5-8(7-9)6-4-2;1-3-2;3*1-2/h6,13,16,18,28-31,33,36,38H,1,7-12,14-15,17,19-27,32H2,2-5H3;7-8H,3-6H2,1-2H3;3H2,1-2H3;3*1-2H3. The number of unbranched alkanes of at least 4 members (excludes halogenated alkanes) is 5.